The second-order valence-electron chi connectivity index (χ2n) is 4.63. The summed E-state index contributed by atoms with van der Waals surface area (Å²) in [5, 5.41) is 8.89. The standard InChI is InChI=1S/C8H12N2O2.C7H10N2.2ClH/c1-5(11)12-8-3-2-6(9)4-7(8)10;1-5-4-6(8)2-3-7(5)9;;/h2-5,11H,9-10H2,1H3;2-4H,8-9H2,1H3;2*1H. The van der Waals surface area contributed by atoms with E-state index < -0.39 is 6.29 Å². The topological polar surface area (TPSA) is 134 Å². The van der Waals surface area contributed by atoms with E-state index >= 15 is 0 Å². The highest BCUT2D eigenvalue weighted by Crippen LogP contribution is 2.24. The summed E-state index contributed by atoms with van der Waals surface area (Å²) in [5.41, 5.74) is 25.6. The number of benzene rings is 2. The molecule has 2 rings (SSSR count). The quantitative estimate of drug-likeness (QED) is 0.411. The Kier molecular flexibility index (Phi) is 10.8. The van der Waals surface area contributed by atoms with Gasteiger partial charge in [-0.3, -0.25) is 0 Å². The molecule has 23 heavy (non-hydrogen) atoms. The molecule has 0 aliphatic heterocycles. The van der Waals surface area contributed by atoms with Crippen LogP contribution in [-0.4, -0.2) is 11.4 Å². The summed E-state index contributed by atoms with van der Waals surface area (Å²) in [4.78, 5) is 0. The van der Waals surface area contributed by atoms with Gasteiger partial charge in [0.15, 0.2) is 6.29 Å². The molecule has 0 fully saturated rings. The van der Waals surface area contributed by atoms with Crippen molar-refractivity contribution in [2.75, 3.05) is 22.9 Å². The number of hydrogen-bond acceptors (Lipinski definition) is 6. The van der Waals surface area contributed by atoms with Gasteiger partial charge in [-0.15, -0.1) is 24.8 Å². The average molecular weight is 363 g/mol. The number of anilines is 4. The molecule has 0 amide bonds. The Balaban J connectivity index is 0. The molecule has 1 atom stereocenters. The van der Waals surface area contributed by atoms with Crippen molar-refractivity contribution in [1.82, 2.24) is 0 Å². The second kappa shape index (κ2) is 10.7. The average Bonchev–Trinajstić information content (AvgIpc) is 2.38. The van der Waals surface area contributed by atoms with E-state index in [1.54, 1.807) is 24.3 Å². The molecule has 2 aromatic carbocycles. The monoisotopic (exact) mass is 362 g/mol. The maximum Gasteiger partial charge on any atom is 0.194 e. The van der Waals surface area contributed by atoms with Crippen molar-refractivity contribution in [3.8, 4) is 5.75 Å². The van der Waals surface area contributed by atoms with E-state index in [0.29, 0.717) is 17.1 Å². The minimum absolute atomic E-state index is 0. The number of aryl methyl sites for hydroxylation is 1. The van der Waals surface area contributed by atoms with Gasteiger partial charge in [0.1, 0.15) is 5.75 Å². The molecule has 0 radical (unpaired) electrons. The molecule has 0 saturated carbocycles. The SMILES string of the molecule is CC(O)Oc1ccc(N)cc1N.Cc1cc(N)ccc1N.Cl.Cl. The lowest BCUT2D eigenvalue weighted by molar-refractivity contribution is 0.000282. The summed E-state index contributed by atoms with van der Waals surface area (Å²) in [5.74, 6) is 0.444. The Hall–Kier alpha value is -2.02. The third-order valence-corrected chi connectivity index (χ3v) is 2.63. The molecule has 0 aromatic heterocycles. The molecule has 6 nitrogen and oxygen atoms in total. The summed E-state index contributed by atoms with van der Waals surface area (Å²) in [6.45, 7) is 3.45. The van der Waals surface area contributed by atoms with Gasteiger partial charge in [0.25, 0.3) is 0 Å². The number of nitrogens with two attached hydrogens (primary N) is 4. The zero-order valence-electron chi connectivity index (χ0n) is 13.0. The van der Waals surface area contributed by atoms with E-state index in [1.807, 2.05) is 19.1 Å². The Morgan fingerprint density at radius 1 is 0.870 bits per heavy atom. The minimum Gasteiger partial charge on any atom is -0.463 e. The van der Waals surface area contributed by atoms with Crippen molar-refractivity contribution in [3.63, 3.8) is 0 Å². The molecule has 0 bridgehead atoms. The number of aliphatic hydroxyl groups excluding tert-OH is 1. The number of nitrogen functional groups attached to an aromatic ring is 4. The third kappa shape index (κ3) is 8.25. The lowest BCUT2D eigenvalue weighted by Crippen LogP contribution is -2.10. The van der Waals surface area contributed by atoms with E-state index in [9.17, 15) is 0 Å². The summed E-state index contributed by atoms with van der Waals surface area (Å²) >= 11 is 0. The molecule has 0 aliphatic rings. The molecule has 0 spiro atoms. The van der Waals surface area contributed by atoms with Gasteiger partial charge in [0, 0.05) is 17.1 Å². The number of rotatable bonds is 2. The smallest absolute Gasteiger partial charge is 0.194 e. The fourth-order valence-electron chi connectivity index (χ4n) is 1.56. The fraction of sp³-hybridized carbons (Fsp3) is 0.200. The van der Waals surface area contributed by atoms with Gasteiger partial charge < -0.3 is 32.8 Å². The Bertz CT molecular complexity index is 610. The molecule has 0 heterocycles. The second-order valence-corrected chi connectivity index (χ2v) is 4.63. The highest BCUT2D eigenvalue weighted by atomic mass is 35.5. The van der Waals surface area contributed by atoms with Crippen LogP contribution in [0.25, 0.3) is 0 Å². The van der Waals surface area contributed by atoms with Gasteiger partial charge in [-0.25, -0.2) is 0 Å². The van der Waals surface area contributed by atoms with E-state index in [4.69, 9.17) is 32.8 Å². The van der Waals surface area contributed by atoms with Crippen LogP contribution < -0.4 is 27.7 Å². The largest absolute Gasteiger partial charge is 0.463 e. The van der Waals surface area contributed by atoms with Crippen molar-refractivity contribution in [2.24, 2.45) is 0 Å². The van der Waals surface area contributed by atoms with E-state index in [1.165, 1.54) is 6.92 Å². The Morgan fingerprint density at radius 2 is 1.39 bits per heavy atom. The number of aliphatic hydroxyl groups is 1. The van der Waals surface area contributed by atoms with E-state index in [-0.39, 0.29) is 24.8 Å². The first-order valence-electron chi connectivity index (χ1n) is 6.41. The van der Waals surface area contributed by atoms with Crippen LogP contribution in [0.1, 0.15) is 12.5 Å². The van der Waals surface area contributed by atoms with Gasteiger partial charge in [-0.1, -0.05) is 0 Å². The lowest BCUT2D eigenvalue weighted by atomic mass is 10.2. The number of halogens is 2. The first-order valence-corrected chi connectivity index (χ1v) is 6.41. The molecule has 1 unspecified atom stereocenters. The van der Waals surface area contributed by atoms with Crippen LogP contribution >= 0.6 is 24.8 Å². The van der Waals surface area contributed by atoms with Gasteiger partial charge in [0.05, 0.1) is 5.69 Å². The van der Waals surface area contributed by atoms with Crippen LogP contribution in [0.15, 0.2) is 36.4 Å². The van der Waals surface area contributed by atoms with E-state index in [0.717, 1.165) is 16.9 Å². The van der Waals surface area contributed by atoms with Crippen LogP contribution in [0.2, 0.25) is 0 Å². The van der Waals surface area contributed by atoms with Crippen molar-refractivity contribution >= 4 is 47.6 Å². The van der Waals surface area contributed by atoms with Gasteiger partial charge in [0.2, 0.25) is 0 Å². The molecule has 130 valence electrons. The zero-order valence-corrected chi connectivity index (χ0v) is 14.7. The summed E-state index contributed by atoms with van der Waals surface area (Å²) in [6, 6.07) is 10.3. The third-order valence-electron chi connectivity index (χ3n) is 2.63. The Morgan fingerprint density at radius 3 is 1.83 bits per heavy atom. The lowest BCUT2D eigenvalue weighted by Gasteiger charge is -2.10. The van der Waals surface area contributed by atoms with Crippen molar-refractivity contribution < 1.29 is 9.84 Å². The fourth-order valence-corrected chi connectivity index (χ4v) is 1.56. The summed E-state index contributed by atoms with van der Waals surface area (Å²) < 4.78 is 4.97. The first kappa shape index (κ1) is 23.2. The molecule has 8 heteroatoms. The van der Waals surface area contributed by atoms with Crippen molar-refractivity contribution in [2.45, 2.75) is 20.1 Å². The number of hydrogen-bond donors (Lipinski definition) is 5. The summed E-state index contributed by atoms with van der Waals surface area (Å²) in [7, 11) is 0. The zero-order chi connectivity index (χ0) is 16.0. The normalized spacial score (nSPS) is 10.2. The maximum atomic E-state index is 8.89. The van der Waals surface area contributed by atoms with Crippen LogP contribution in [-0.2, 0) is 0 Å². The van der Waals surface area contributed by atoms with Gasteiger partial charge >= 0.3 is 0 Å². The molecule has 0 aliphatic carbocycles. The highest BCUT2D eigenvalue weighted by Gasteiger charge is 2.02. The first-order chi connectivity index (χ1) is 9.79. The van der Waals surface area contributed by atoms with E-state index in [2.05, 4.69) is 0 Å². The molecule has 2 aromatic rings. The minimum atomic E-state index is -0.865. The van der Waals surface area contributed by atoms with Crippen molar-refractivity contribution in [3.05, 3.63) is 42.0 Å². The predicted octanol–water partition coefficient (Wildman–Crippen LogP) is 2.57. The molecular formula is C15H24Cl2N4O2. The molecule has 0 saturated heterocycles. The van der Waals surface area contributed by atoms with Crippen LogP contribution in [0.5, 0.6) is 5.75 Å². The maximum absolute atomic E-state index is 8.89. The van der Waals surface area contributed by atoms with Crippen LogP contribution in [0.4, 0.5) is 22.7 Å². The Labute approximate surface area is 148 Å². The molecule has 9 N–H and O–H groups in total. The van der Waals surface area contributed by atoms with Crippen LogP contribution in [0.3, 0.4) is 0 Å². The van der Waals surface area contributed by atoms with Crippen molar-refractivity contribution in [1.29, 1.82) is 0 Å². The highest BCUT2D eigenvalue weighted by molar-refractivity contribution is 5.85. The van der Waals surface area contributed by atoms with Gasteiger partial charge in [-0.05, 0) is 55.8 Å². The predicted molar refractivity (Wildman–Crippen MR) is 102 cm³/mol. The number of ether oxygens (including phenoxy) is 1. The van der Waals surface area contributed by atoms with Gasteiger partial charge in [-0.2, -0.15) is 0 Å². The molecular weight excluding hydrogens is 339 g/mol. The van der Waals surface area contributed by atoms with Crippen LogP contribution in [0, 0.1) is 6.92 Å². The summed E-state index contributed by atoms with van der Waals surface area (Å²) in [6.07, 6.45) is -0.865.